The monoisotopic (exact) mass is 251 g/mol. The van der Waals surface area contributed by atoms with Crippen LogP contribution >= 0.6 is 11.6 Å². The van der Waals surface area contributed by atoms with Crippen LogP contribution < -0.4 is 4.74 Å². The van der Waals surface area contributed by atoms with Crippen molar-refractivity contribution in [2.45, 2.75) is 13.5 Å². The zero-order valence-corrected chi connectivity index (χ0v) is 10.0. The summed E-state index contributed by atoms with van der Waals surface area (Å²) in [5.41, 5.74) is 1.34. The first kappa shape index (κ1) is 11.9. The van der Waals surface area contributed by atoms with Gasteiger partial charge in [0.25, 0.3) is 0 Å². The normalized spacial score (nSPS) is 10.3. The van der Waals surface area contributed by atoms with Gasteiger partial charge < -0.3 is 4.74 Å². The van der Waals surface area contributed by atoms with E-state index in [0.717, 1.165) is 5.56 Å². The highest BCUT2D eigenvalue weighted by Gasteiger charge is 2.07. The third kappa shape index (κ3) is 2.74. The molecule has 2 rings (SSSR count). The average Bonchev–Trinajstić information content (AvgIpc) is 2.33. The molecule has 0 radical (unpaired) electrons. The maximum absolute atomic E-state index is 13.6. The van der Waals surface area contributed by atoms with Crippen molar-refractivity contribution in [3.63, 3.8) is 0 Å². The van der Waals surface area contributed by atoms with E-state index in [1.165, 1.54) is 6.20 Å². The minimum atomic E-state index is -0.335. The van der Waals surface area contributed by atoms with Crippen molar-refractivity contribution in [1.82, 2.24) is 4.98 Å². The fourth-order valence-electron chi connectivity index (χ4n) is 1.41. The summed E-state index contributed by atoms with van der Waals surface area (Å²) in [6.45, 7) is 1.92. The van der Waals surface area contributed by atoms with Crippen molar-refractivity contribution in [1.29, 1.82) is 0 Å². The first-order valence-electron chi connectivity index (χ1n) is 5.15. The van der Waals surface area contributed by atoms with Crippen LogP contribution in [0, 0.1) is 12.7 Å². The maximum Gasteiger partial charge on any atom is 0.167 e. The Labute approximate surface area is 104 Å². The van der Waals surface area contributed by atoms with E-state index in [2.05, 4.69) is 4.98 Å². The minimum Gasteiger partial charge on any atom is -0.486 e. The zero-order valence-electron chi connectivity index (χ0n) is 9.28. The molecule has 0 saturated heterocycles. The van der Waals surface area contributed by atoms with Gasteiger partial charge in [0.15, 0.2) is 11.6 Å². The molecule has 0 N–H and O–H groups in total. The molecule has 1 aromatic heterocycles. The number of halogens is 2. The Morgan fingerprint density at radius 1 is 1.35 bits per heavy atom. The number of nitrogens with zero attached hydrogens (tertiary/aromatic N) is 1. The van der Waals surface area contributed by atoms with Gasteiger partial charge in [0, 0.05) is 18.0 Å². The van der Waals surface area contributed by atoms with E-state index < -0.39 is 0 Å². The molecule has 0 saturated carbocycles. The topological polar surface area (TPSA) is 22.1 Å². The van der Waals surface area contributed by atoms with Gasteiger partial charge in [-0.05, 0) is 24.6 Å². The number of aryl methyl sites for hydroxylation is 1. The fraction of sp³-hybridized carbons (Fsp3) is 0.154. The lowest BCUT2D eigenvalue weighted by molar-refractivity contribution is 0.289. The molecule has 0 unspecified atom stereocenters. The lowest BCUT2D eigenvalue weighted by atomic mass is 10.2. The fourth-order valence-corrected chi connectivity index (χ4v) is 1.58. The van der Waals surface area contributed by atoms with Gasteiger partial charge >= 0.3 is 0 Å². The molecule has 1 heterocycles. The molecule has 0 spiro atoms. The minimum absolute atomic E-state index is 0.224. The Bertz CT molecular complexity index is 531. The molecule has 0 bridgehead atoms. The summed E-state index contributed by atoms with van der Waals surface area (Å²) >= 11 is 5.93. The molecule has 2 nitrogen and oxygen atoms in total. The smallest absolute Gasteiger partial charge is 0.167 e. The van der Waals surface area contributed by atoms with Crippen LogP contribution in [0.1, 0.15) is 11.1 Å². The first-order valence-corrected chi connectivity index (χ1v) is 5.52. The lowest BCUT2D eigenvalue weighted by Crippen LogP contribution is -1.99. The van der Waals surface area contributed by atoms with Crippen molar-refractivity contribution < 1.29 is 9.13 Å². The van der Waals surface area contributed by atoms with E-state index in [0.29, 0.717) is 10.6 Å². The third-order valence-corrected chi connectivity index (χ3v) is 2.74. The van der Waals surface area contributed by atoms with Crippen LogP contribution in [-0.2, 0) is 6.61 Å². The molecule has 1 aromatic carbocycles. The van der Waals surface area contributed by atoms with E-state index in [-0.39, 0.29) is 18.2 Å². The second kappa shape index (κ2) is 5.15. The lowest BCUT2D eigenvalue weighted by Gasteiger charge is -2.09. The van der Waals surface area contributed by atoms with Crippen LogP contribution in [0.4, 0.5) is 4.39 Å². The number of benzene rings is 1. The quantitative estimate of drug-likeness (QED) is 0.829. The van der Waals surface area contributed by atoms with Crippen LogP contribution in [0.2, 0.25) is 5.02 Å². The van der Waals surface area contributed by atoms with Crippen molar-refractivity contribution in [2.24, 2.45) is 0 Å². The molecule has 0 amide bonds. The van der Waals surface area contributed by atoms with Crippen molar-refractivity contribution in [3.8, 4) is 5.75 Å². The van der Waals surface area contributed by atoms with E-state index in [4.69, 9.17) is 16.3 Å². The molecule has 0 aliphatic rings. The molecule has 0 fully saturated rings. The summed E-state index contributed by atoms with van der Waals surface area (Å²) in [4.78, 5) is 3.87. The summed E-state index contributed by atoms with van der Waals surface area (Å²) in [5.74, 6) is -0.101. The van der Waals surface area contributed by atoms with Gasteiger partial charge in [0.1, 0.15) is 6.61 Å². The van der Waals surface area contributed by atoms with Crippen LogP contribution in [0.5, 0.6) is 5.75 Å². The van der Waals surface area contributed by atoms with Crippen LogP contribution in [0.15, 0.2) is 36.7 Å². The van der Waals surface area contributed by atoms with Crippen LogP contribution in [0.25, 0.3) is 0 Å². The molecule has 4 heteroatoms. The Balaban J connectivity index is 2.13. The summed E-state index contributed by atoms with van der Waals surface area (Å²) in [6, 6.07) is 6.79. The molecular formula is C13H11ClFNO. The highest BCUT2D eigenvalue weighted by Crippen LogP contribution is 2.22. The van der Waals surface area contributed by atoms with E-state index in [1.807, 2.05) is 0 Å². The standard InChI is InChI=1S/C13H11ClFNO/c1-9-3-2-4-12(13(9)15)17-8-10-5-6-16-7-11(10)14/h2-7H,8H2,1H3. The zero-order chi connectivity index (χ0) is 12.3. The summed E-state index contributed by atoms with van der Waals surface area (Å²) in [6.07, 6.45) is 3.16. The van der Waals surface area contributed by atoms with E-state index in [9.17, 15) is 4.39 Å². The molecular weight excluding hydrogens is 241 g/mol. The number of ether oxygens (including phenoxy) is 1. The Morgan fingerprint density at radius 3 is 2.94 bits per heavy atom. The van der Waals surface area contributed by atoms with Gasteiger partial charge in [0.05, 0.1) is 5.02 Å². The maximum atomic E-state index is 13.6. The van der Waals surface area contributed by atoms with Crippen molar-refractivity contribution >= 4 is 11.6 Å². The van der Waals surface area contributed by atoms with Gasteiger partial charge in [-0.15, -0.1) is 0 Å². The van der Waals surface area contributed by atoms with Gasteiger partial charge in [-0.3, -0.25) is 4.98 Å². The Kier molecular flexibility index (Phi) is 3.59. The van der Waals surface area contributed by atoms with Crippen LogP contribution in [-0.4, -0.2) is 4.98 Å². The molecule has 2 aromatic rings. The average molecular weight is 252 g/mol. The number of hydrogen-bond donors (Lipinski definition) is 0. The molecule has 0 aliphatic heterocycles. The molecule has 0 atom stereocenters. The summed E-state index contributed by atoms with van der Waals surface area (Å²) in [7, 11) is 0. The van der Waals surface area contributed by atoms with Gasteiger partial charge in [0.2, 0.25) is 0 Å². The van der Waals surface area contributed by atoms with E-state index in [1.54, 1.807) is 37.4 Å². The van der Waals surface area contributed by atoms with Crippen LogP contribution in [0.3, 0.4) is 0 Å². The SMILES string of the molecule is Cc1cccc(OCc2ccncc2Cl)c1F. The predicted molar refractivity (Wildman–Crippen MR) is 64.7 cm³/mol. The molecule has 88 valence electrons. The summed E-state index contributed by atoms with van der Waals surface area (Å²) < 4.78 is 19.0. The number of hydrogen-bond acceptors (Lipinski definition) is 2. The Hall–Kier alpha value is -1.61. The summed E-state index contributed by atoms with van der Waals surface area (Å²) in [5, 5.41) is 0.514. The van der Waals surface area contributed by atoms with Gasteiger partial charge in [-0.25, -0.2) is 4.39 Å². The number of rotatable bonds is 3. The van der Waals surface area contributed by atoms with E-state index >= 15 is 0 Å². The highest BCUT2D eigenvalue weighted by molar-refractivity contribution is 6.31. The number of pyridine rings is 1. The predicted octanol–water partition coefficient (Wildman–Crippen LogP) is 3.76. The molecule has 17 heavy (non-hydrogen) atoms. The van der Waals surface area contributed by atoms with Crippen molar-refractivity contribution in [2.75, 3.05) is 0 Å². The van der Waals surface area contributed by atoms with Gasteiger partial charge in [-0.2, -0.15) is 0 Å². The largest absolute Gasteiger partial charge is 0.486 e. The highest BCUT2D eigenvalue weighted by atomic mass is 35.5. The Morgan fingerprint density at radius 2 is 2.18 bits per heavy atom. The van der Waals surface area contributed by atoms with Crippen molar-refractivity contribution in [3.05, 3.63) is 58.6 Å². The first-order chi connectivity index (χ1) is 8.18. The second-order valence-electron chi connectivity index (χ2n) is 3.64. The molecule has 0 aliphatic carbocycles. The van der Waals surface area contributed by atoms with Gasteiger partial charge in [-0.1, -0.05) is 23.7 Å². The third-order valence-electron chi connectivity index (χ3n) is 2.40. The second-order valence-corrected chi connectivity index (χ2v) is 4.05. The number of aromatic nitrogens is 1.